The summed E-state index contributed by atoms with van der Waals surface area (Å²) in [5, 5.41) is 4.24. The number of nitrogen functional groups attached to an aromatic ring is 1. The average Bonchev–Trinajstić information content (AvgIpc) is 2.64. The quantitative estimate of drug-likeness (QED) is 0.562. The van der Waals surface area contributed by atoms with Crippen molar-refractivity contribution >= 4 is 27.8 Å². The Morgan fingerprint density at radius 2 is 2.22 bits per heavy atom. The maximum Gasteiger partial charge on any atom is 0.171 e. The number of thiophene rings is 1. The van der Waals surface area contributed by atoms with E-state index in [-0.39, 0.29) is 5.78 Å². The van der Waals surface area contributed by atoms with Gasteiger partial charge in [0, 0.05) is 20.1 Å². The van der Waals surface area contributed by atoms with Crippen molar-refractivity contribution < 1.29 is 9.53 Å². The van der Waals surface area contributed by atoms with Crippen molar-refractivity contribution in [1.29, 1.82) is 0 Å². The van der Waals surface area contributed by atoms with Crippen molar-refractivity contribution in [2.45, 2.75) is 39.7 Å². The van der Waals surface area contributed by atoms with Crippen LogP contribution in [0.3, 0.4) is 0 Å². The minimum absolute atomic E-state index is 0.0240. The van der Waals surface area contributed by atoms with E-state index >= 15 is 0 Å². The van der Waals surface area contributed by atoms with Gasteiger partial charge in [0.15, 0.2) is 5.78 Å². The Balaban J connectivity index is 2.23. The summed E-state index contributed by atoms with van der Waals surface area (Å²) in [6.45, 7) is 7.28. The summed E-state index contributed by atoms with van der Waals surface area (Å²) in [6, 6.07) is 1.83. The second-order valence-electron chi connectivity index (χ2n) is 4.50. The van der Waals surface area contributed by atoms with E-state index in [1.807, 2.05) is 19.9 Å². The summed E-state index contributed by atoms with van der Waals surface area (Å²) in [4.78, 5) is 11.9. The lowest BCUT2D eigenvalue weighted by Gasteiger charge is -2.07. The fraction of sp³-hybridized carbons (Fsp3) is 0.615. The molecule has 0 amide bonds. The van der Waals surface area contributed by atoms with Crippen molar-refractivity contribution in [2.24, 2.45) is 0 Å². The molecule has 102 valence electrons. The van der Waals surface area contributed by atoms with Crippen molar-refractivity contribution in [2.75, 3.05) is 24.2 Å². The molecule has 0 saturated carbocycles. The second kappa shape index (κ2) is 7.38. The number of nitrogens with one attached hydrogen (secondary N) is 1. The Kier molecular flexibility index (Phi) is 6.15. The zero-order valence-corrected chi connectivity index (χ0v) is 12.1. The zero-order valence-electron chi connectivity index (χ0n) is 11.3. The topological polar surface area (TPSA) is 64.3 Å². The third-order valence-corrected chi connectivity index (χ3v) is 3.61. The lowest BCUT2D eigenvalue weighted by Crippen LogP contribution is -2.06. The Morgan fingerprint density at radius 1 is 1.50 bits per heavy atom. The molecule has 1 aromatic heterocycles. The molecule has 0 aliphatic rings. The molecule has 0 aliphatic heterocycles. The van der Waals surface area contributed by atoms with Crippen LogP contribution in [-0.2, 0) is 4.74 Å². The van der Waals surface area contributed by atoms with Crippen molar-refractivity contribution in [3.8, 4) is 0 Å². The minimum atomic E-state index is 0.0240. The first kappa shape index (κ1) is 15.0. The van der Waals surface area contributed by atoms with E-state index in [1.54, 1.807) is 0 Å². The molecule has 0 aromatic carbocycles. The Labute approximate surface area is 113 Å². The van der Waals surface area contributed by atoms with Gasteiger partial charge < -0.3 is 15.8 Å². The van der Waals surface area contributed by atoms with Gasteiger partial charge in [-0.3, -0.25) is 4.79 Å². The van der Waals surface area contributed by atoms with Crippen LogP contribution in [-0.4, -0.2) is 25.0 Å². The molecule has 0 aliphatic carbocycles. The molecule has 5 heteroatoms. The van der Waals surface area contributed by atoms with Crippen LogP contribution in [0.25, 0.3) is 0 Å². The number of nitrogens with two attached hydrogens (primary N) is 1. The van der Waals surface area contributed by atoms with Crippen LogP contribution in [0.1, 0.15) is 43.3 Å². The van der Waals surface area contributed by atoms with Gasteiger partial charge in [-0.2, -0.15) is 0 Å². The van der Waals surface area contributed by atoms with Crippen LogP contribution < -0.4 is 11.1 Å². The molecule has 0 bridgehead atoms. The third kappa shape index (κ3) is 5.06. The number of ketones is 1. The summed E-state index contributed by atoms with van der Waals surface area (Å²) in [5.41, 5.74) is 6.32. The molecule has 3 N–H and O–H groups in total. The molecule has 18 heavy (non-hydrogen) atoms. The predicted octanol–water partition coefficient (Wildman–Crippen LogP) is 3.15. The molecular formula is C13H22N2O2S. The van der Waals surface area contributed by atoms with Gasteiger partial charge in [0.2, 0.25) is 0 Å². The highest BCUT2D eigenvalue weighted by molar-refractivity contribution is 7.18. The van der Waals surface area contributed by atoms with E-state index < -0.39 is 0 Å². The van der Waals surface area contributed by atoms with Gasteiger partial charge >= 0.3 is 0 Å². The fourth-order valence-corrected chi connectivity index (χ4v) is 2.43. The first-order chi connectivity index (χ1) is 8.50. The molecule has 0 radical (unpaired) electrons. The van der Waals surface area contributed by atoms with E-state index in [4.69, 9.17) is 10.5 Å². The van der Waals surface area contributed by atoms with Crippen LogP contribution in [0.15, 0.2) is 6.07 Å². The highest BCUT2D eigenvalue weighted by Crippen LogP contribution is 2.29. The van der Waals surface area contributed by atoms with Gasteiger partial charge in [-0.15, -0.1) is 11.3 Å². The molecule has 0 atom stereocenters. The molecule has 1 aromatic rings. The lowest BCUT2D eigenvalue weighted by molar-refractivity contribution is 0.0765. The molecule has 0 fully saturated rings. The van der Waals surface area contributed by atoms with Crippen molar-refractivity contribution in [1.82, 2.24) is 0 Å². The summed E-state index contributed by atoms with van der Waals surface area (Å²) in [5.74, 6) is 0.0240. The first-order valence-corrected chi connectivity index (χ1v) is 7.08. The monoisotopic (exact) mass is 270 g/mol. The number of anilines is 2. The van der Waals surface area contributed by atoms with E-state index in [9.17, 15) is 4.79 Å². The van der Waals surface area contributed by atoms with Crippen molar-refractivity contribution in [3.63, 3.8) is 0 Å². The van der Waals surface area contributed by atoms with E-state index in [0.29, 0.717) is 16.7 Å². The summed E-state index contributed by atoms with van der Waals surface area (Å²) < 4.78 is 5.46. The van der Waals surface area contributed by atoms with Crippen molar-refractivity contribution in [3.05, 3.63) is 10.9 Å². The maximum absolute atomic E-state index is 11.2. The number of unbranched alkanes of at least 4 members (excludes halogenated alkanes) is 1. The zero-order chi connectivity index (χ0) is 13.5. The predicted molar refractivity (Wildman–Crippen MR) is 77.5 cm³/mol. The van der Waals surface area contributed by atoms with Gasteiger partial charge in [0.25, 0.3) is 0 Å². The Bertz CT molecular complexity index is 388. The lowest BCUT2D eigenvalue weighted by atomic mass is 10.3. The Morgan fingerprint density at radius 3 is 2.78 bits per heavy atom. The summed E-state index contributed by atoms with van der Waals surface area (Å²) in [7, 11) is 0. The smallest absolute Gasteiger partial charge is 0.171 e. The number of Topliss-reactive ketones (excluding diaryl/α,β-unsaturated/α-hetero) is 1. The molecule has 4 nitrogen and oxygen atoms in total. The van der Waals surface area contributed by atoms with E-state index in [1.165, 1.54) is 18.3 Å². The average molecular weight is 270 g/mol. The van der Waals surface area contributed by atoms with Crippen LogP contribution in [0.5, 0.6) is 0 Å². The highest BCUT2D eigenvalue weighted by Gasteiger charge is 2.09. The molecule has 0 unspecified atom stereocenters. The summed E-state index contributed by atoms with van der Waals surface area (Å²) >= 11 is 1.42. The highest BCUT2D eigenvalue weighted by atomic mass is 32.1. The summed E-state index contributed by atoms with van der Waals surface area (Å²) in [6.07, 6.45) is 2.37. The number of ether oxygens (including phenoxy) is 1. The second-order valence-corrected chi connectivity index (χ2v) is 5.56. The first-order valence-electron chi connectivity index (χ1n) is 6.26. The van der Waals surface area contributed by atoms with E-state index in [0.717, 1.165) is 31.0 Å². The fourth-order valence-electron chi connectivity index (χ4n) is 1.53. The van der Waals surface area contributed by atoms with Gasteiger partial charge in [0.1, 0.15) is 0 Å². The Hall–Kier alpha value is -1.07. The SMILES string of the molecule is CC(=O)c1sc(NCCCCOC(C)C)cc1N. The van der Waals surface area contributed by atoms with Crippen LogP contribution in [0, 0.1) is 0 Å². The third-order valence-electron chi connectivity index (χ3n) is 2.40. The number of carbonyl (C=O) groups is 1. The normalized spacial score (nSPS) is 10.9. The molecule has 0 spiro atoms. The number of carbonyl (C=O) groups excluding carboxylic acids is 1. The van der Waals surface area contributed by atoms with Crippen LogP contribution in [0.2, 0.25) is 0 Å². The van der Waals surface area contributed by atoms with Gasteiger partial charge in [-0.25, -0.2) is 0 Å². The molecule has 1 rings (SSSR count). The standard InChI is InChI=1S/C13H22N2O2S/c1-9(2)17-7-5-4-6-15-12-8-11(14)13(18-12)10(3)16/h8-9,15H,4-7,14H2,1-3H3. The number of rotatable bonds is 8. The molecule has 1 heterocycles. The van der Waals surface area contributed by atoms with Gasteiger partial charge in [-0.05, 0) is 32.8 Å². The number of hydrogen-bond acceptors (Lipinski definition) is 5. The molecule has 0 saturated heterocycles. The van der Waals surface area contributed by atoms with Crippen LogP contribution >= 0.6 is 11.3 Å². The largest absolute Gasteiger partial charge is 0.397 e. The van der Waals surface area contributed by atoms with Gasteiger partial charge in [-0.1, -0.05) is 0 Å². The van der Waals surface area contributed by atoms with Crippen LogP contribution in [0.4, 0.5) is 10.7 Å². The van der Waals surface area contributed by atoms with E-state index in [2.05, 4.69) is 5.32 Å². The van der Waals surface area contributed by atoms with Gasteiger partial charge in [0.05, 0.1) is 21.7 Å². The number of hydrogen-bond donors (Lipinski definition) is 2. The minimum Gasteiger partial charge on any atom is -0.397 e. The molecular weight excluding hydrogens is 248 g/mol. The maximum atomic E-state index is 11.2.